The number of hydrogen-bond acceptors (Lipinski definition) is 8. The Kier molecular flexibility index (Phi) is 14.3. The molecular weight excluding hydrogens is 719 g/mol. The maximum Gasteiger partial charge on any atom is 0.259 e. The third kappa shape index (κ3) is 9.17. The van der Waals surface area contributed by atoms with Crippen LogP contribution in [0.2, 0.25) is 0 Å². The first-order valence-electron chi connectivity index (χ1n) is 19.3. The summed E-state index contributed by atoms with van der Waals surface area (Å²) in [5, 5.41) is 9.41. The van der Waals surface area contributed by atoms with Crippen LogP contribution in [0.4, 0.5) is 0 Å². The molecule has 1 aliphatic rings. The SMILES string of the molecule is COc1ccc(C(OCC(COCC2c3ccccc3-c3ccccc32)OP(OCCC#N)N(C(C)C)C(C)C)(c2ccccc2)c2ccc(OC)cc2)cc1. The summed E-state index contributed by atoms with van der Waals surface area (Å²) in [6, 6.07) is 45.9. The lowest BCUT2D eigenvalue weighted by Gasteiger charge is -2.39. The van der Waals surface area contributed by atoms with Gasteiger partial charge in [0.2, 0.25) is 0 Å². The summed E-state index contributed by atoms with van der Waals surface area (Å²) in [5.74, 6) is 1.58. The van der Waals surface area contributed by atoms with Gasteiger partial charge in [0, 0.05) is 18.0 Å². The van der Waals surface area contributed by atoms with E-state index in [1.54, 1.807) is 14.2 Å². The molecule has 6 rings (SSSR count). The molecule has 0 saturated carbocycles. The molecule has 56 heavy (non-hydrogen) atoms. The van der Waals surface area contributed by atoms with Gasteiger partial charge in [-0.3, -0.25) is 0 Å². The monoisotopic (exact) mass is 772 g/mol. The van der Waals surface area contributed by atoms with Crippen LogP contribution in [0.3, 0.4) is 0 Å². The third-order valence-corrected chi connectivity index (χ3v) is 12.3. The molecule has 292 valence electrons. The van der Waals surface area contributed by atoms with Crippen LogP contribution in [-0.4, -0.2) is 63.5 Å². The Bertz CT molecular complexity index is 1910. The van der Waals surface area contributed by atoms with Gasteiger partial charge in [0.15, 0.2) is 0 Å². The molecule has 0 radical (unpaired) electrons. The van der Waals surface area contributed by atoms with Crippen molar-refractivity contribution in [3.05, 3.63) is 155 Å². The van der Waals surface area contributed by atoms with Crippen molar-refractivity contribution in [1.82, 2.24) is 4.67 Å². The zero-order valence-electron chi connectivity index (χ0n) is 33.3. The predicted molar refractivity (Wildman–Crippen MR) is 223 cm³/mol. The number of nitrogens with zero attached hydrogens (tertiary/aromatic N) is 2. The normalized spacial score (nSPS) is 13.7. The first kappa shape index (κ1) is 41.1. The van der Waals surface area contributed by atoms with E-state index in [2.05, 4.69) is 123 Å². The molecule has 0 aliphatic heterocycles. The third-order valence-electron chi connectivity index (χ3n) is 10.1. The van der Waals surface area contributed by atoms with Crippen LogP contribution < -0.4 is 9.47 Å². The Labute approximate surface area is 333 Å². The molecule has 0 heterocycles. The van der Waals surface area contributed by atoms with Crippen molar-refractivity contribution in [3.63, 3.8) is 0 Å². The van der Waals surface area contributed by atoms with E-state index < -0.39 is 20.2 Å². The van der Waals surface area contributed by atoms with Gasteiger partial charge in [-0.1, -0.05) is 103 Å². The van der Waals surface area contributed by atoms with Gasteiger partial charge in [-0.2, -0.15) is 5.26 Å². The molecule has 0 amide bonds. The quantitative estimate of drug-likeness (QED) is 0.0439. The number of fused-ring (bicyclic) bond motifs is 3. The highest BCUT2D eigenvalue weighted by atomic mass is 31.2. The number of nitriles is 1. The van der Waals surface area contributed by atoms with Gasteiger partial charge >= 0.3 is 0 Å². The second-order valence-corrected chi connectivity index (χ2v) is 15.8. The van der Waals surface area contributed by atoms with Crippen molar-refractivity contribution in [2.75, 3.05) is 40.6 Å². The van der Waals surface area contributed by atoms with Gasteiger partial charge in [0.05, 0.1) is 53.1 Å². The Hall–Kier alpha value is -4.58. The average Bonchev–Trinajstić information content (AvgIpc) is 3.54. The summed E-state index contributed by atoms with van der Waals surface area (Å²) >= 11 is 0. The van der Waals surface area contributed by atoms with Crippen molar-refractivity contribution in [2.24, 2.45) is 0 Å². The summed E-state index contributed by atoms with van der Waals surface area (Å²) in [6.45, 7) is 9.69. The van der Waals surface area contributed by atoms with E-state index in [4.69, 9.17) is 28.0 Å². The second kappa shape index (κ2) is 19.5. The van der Waals surface area contributed by atoms with Crippen LogP contribution in [0.25, 0.3) is 11.1 Å². The van der Waals surface area contributed by atoms with Crippen molar-refractivity contribution in [2.45, 2.75) is 63.8 Å². The molecule has 0 fully saturated rings. The lowest BCUT2D eigenvalue weighted by Crippen LogP contribution is -2.39. The number of rotatable bonds is 20. The lowest BCUT2D eigenvalue weighted by molar-refractivity contribution is -0.0594. The molecule has 0 N–H and O–H groups in total. The fraction of sp³-hybridized carbons (Fsp3) is 0.340. The maximum atomic E-state index is 9.41. The van der Waals surface area contributed by atoms with Crippen LogP contribution in [0.5, 0.6) is 11.5 Å². The van der Waals surface area contributed by atoms with Gasteiger partial charge in [-0.25, -0.2) is 4.67 Å². The van der Waals surface area contributed by atoms with E-state index in [1.165, 1.54) is 22.3 Å². The molecule has 0 aromatic heterocycles. The zero-order chi connectivity index (χ0) is 39.5. The maximum absolute atomic E-state index is 9.41. The van der Waals surface area contributed by atoms with Gasteiger partial charge in [0.1, 0.15) is 23.2 Å². The molecule has 9 heteroatoms. The smallest absolute Gasteiger partial charge is 0.259 e. The summed E-state index contributed by atoms with van der Waals surface area (Å²) in [4.78, 5) is 0. The van der Waals surface area contributed by atoms with Gasteiger partial charge in [-0.05, 0) is 90.9 Å². The Balaban J connectivity index is 1.38. The van der Waals surface area contributed by atoms with E-state index in [9.17, 15) is 5.26 Å². The number of ether oxygens (including phenoxy) is 4. The van der Waals surface area contributed by atoms with Crippen molar-refractivity contribution in [3.8, 4) is 28.7 Å². The van der Waals surface area contributed by atoms with E-state index >= 15 is 0 Å². The standard InChI is InChI=1S/C47H53N2O6P/c1-34(2)49(35(3)4)56(54-30-14-29-48)55-41(31-52-33-46-44-19-12-10-17-42(44)43-18-11-13-20-45(43)46)32-53-47(36-15-8-7-9-16-36,37-21-25-39(50-5)26-22-37)38-23-27-40(51-6)28-24-38/h7-13,15-28,34-35,41,46H,14,30-33H2,1-6H3. The van der Waals surface area contributed by atoms with Crippen molar-refractivity contribution in [1.29, 1.82) is 5.26 Å². The molecule has 0 saturated heterocycles. The predicted octanol–water partition coefficient (Wildman–Crippen LogP) is 10.5. The Morgan fingerprint density at radius 3 is 1.66 bits per heavy atom. The fourth-order valence-corrected chi connectivity index (χ4v) is 9.26. The van der Waals surface area contributed by atoms with Crippen LogP contribution in [0, 0.1) is 11.3 Å². The van der Waals surface area contributed by atoms with Gasteiger partial charge in [0.25, 0.3) is 8.53 Å². The highest BCUT2D eigenvalue weighted by molar-refractivity contribution is 7.44. The Morgan fingerprint density at radius 1 is 0.661 bits per heavy atom. The fourth-order valence-electron chi connectivity index (χ4n) is 7.58. The zero-order valence-corrected chi connectivity index (χ0v) is 34.2. The molecule has 5 aromatic rings. The molecule has 2 unspecified atom stereocenters. The second-order valence-electron chi connectivity index (χ2n) is 14.4. The molecule has 2 atom stereocenters. The highest BCUT2D eigenvalue weighted by Gasteiger charge is 2.40. The highest BCUT2D eigenvalue weighted by Crippen LogP contribution is 2.49. The van der Waals surface area contributed by atoms with Crippen LogP contribution in [0.1, 0.15) is 67.9 Å². The van der Waals surface area contributed by atoms with Crippen LogP contribution in [0.15, 0.2) is 127 Å². The van der Waals surface area contributed by atoms with E-state index in [0.717, 1.165) is 28.2 Å². The minimum atomic E-state index is -1.60. The molecule has 5 aromatic carbocycles. The van der Waals surface area contributed by atoms with Crippen LogP contribution in [-0.2, 0) is 24.1 Å². The summed E-state index contributed by atoms with van der Waals surface area (Å²) in [6.07, 6.45) is -0.286. The molecule has 0 bridgehead atoms. The summed E-state index contributed by atoms with van der Waals surface area (Å²) in [7, 11) is 1.73. The van der Waals surface area contributed by atoms with Gasteiger partial charge < -0.3 is 28.0 Å². The summed E-state index contributed by atoms with van der Waals surface area (Å²) < 4.78 is 40.9. The van der Waals surface area contributed by atoms with E-state index in [0.29, 0.717) is 6.61 Å². The lowest BCUT2D eigenvalue weighted by atomic mass is 9.80. The van der Waals surface area contributed by atoms with Gasteiger partial charge in [-0.15, -0.1) is 0 Å². The Morgan fingerprint density at radius 2 is 1.16 bits per heavy atom. The minimum absolute atomic E-state index is 0.0854. The largest absolute Gasteiger partial charge is 0.497 e. The minimum Gasteiger partial charge on any atom is -0.497 e. The summed E-state index contributed by atoms with van der Waals surface area (Å²) in [5.41, 5.74) is 6.77. The molecule has 0 spiro atoms. The first-order chi connectivity index (χ1) is 27.3. The molecule has 8 nitrogen and oxygen atoms in total. The average molecular weight is 773 g/mol. The van der Waals surface area contributed by atoms with Crippen molar-refractivity contribution < 1.29 is 28.0 Å². The number of benzene rings is 5. The van der Waals surface area contributed by atoms with Crippen molar-refractivity contribution >= 4 is 8.53 Å². The molecule has 1 aliphatic carbocycles. The molecular formula is C47H53N2O6P. The van der Waals surface area contributed by atoms with E-state index in [1.807, 2.05) is 42.5 Å². The topological polar surface area (TPSA) is 82.4 Å². The first-order valence-corrected chi connectivity index (χ1v) is 20.4. The number of hydrogen-bond donors (Lipinski definition) is 0. The van der Waals surface area contributed by atoms with Crippen LogP contribution >= 0.6 is 8.53 Å². The number of methoxy groups -OCH3 is 2. The van der Waals surface area contributed by atoms with E-state index in [-0.39, 0.29) is 44.2 Å².